The van der Waals surface area contributed by atoms with E-state index in [9.17, 15) is 13.2 Å². The second kappa shape index (κ2) is 8.19. The number of aromatic nitrogens is 4. The van der Waals surface area contributed by atoms with Gasteiger partial charge in [-0.1, -0.05) is 48.0 Å². The number of rotatable bonds is 5. The van der Waals surface area contributed by atoms with Crippen molar-refractivity contribution in [1.82, 2.24) is 18.9 Å². The zero-order chi connectivity index (χ0) is 23.0. The minimum atomic E-state index is -3.85. The summed E-state index contributed by atoms with van der Waals surface area (Å²) in [5.41, 5.74) is 1.77. The molecule has 0 saturated carbocycles. The Bertz CT molecular complexity index is 1630. The summed E-state index contributed by atoms with van der Waals surface area (Å²) in [7, 11) is -3.85. The molecule has 10 heteroatoms. The molecule has 2 aromatic carbocycles. The van der Waals surface area contributed by atoms with Gasteiger partial charge in [0.05, 0.1) is 33.0 Å². The van der Waals surface area contributed by atoms with Gasteiger partial charge < -0.3 is 10.3 Å². The van der Waals surface area contributed by atoms with Gasteiger partial charge in [-0.3, -0.25) is 4.79 Å². The Balaban J connectivity index is 1.65. The first-order valence-electron chi connectivity index (χ1n) is 9.83. The number of nitrogens with one attached hydrogen (secondary N) is 2. The molecule has 3 aromatic heterocycles. The van der Waals surface area contributed by atoms with Gasteiger partial charge in [0.2, 0.25) is 11.5 Å². The average Bonchev–Trinajstić information content (AvgIpc) is 3.23. The van der Waals surface area contributed by atoms with E-state index in [0.29, 0.717) is 27.8 Å². The van der Waals surface area contributed by atoms with E-state index in [4.69, 9.17) is 11.6 Å². The van der Waals surface area contributed by atoms with Crippen molar-refractivity contribution in [3.8, 4) is 11.3 Å². The number of fused-ring (bicyclic) bond motifs is 1. The molecule has 0 radical (unpaired) electrons. The van der Waals surface area contributed by atoms with Crippen LogP contribution in [0.25, 0.3) is 22.2 Å². The highest BCUT2D eigenvalue weighted by Crippen LogP contribution is 2.35. The molecule has 0 aliphatic rings. The third-order valence-corrected chi connectivity index (χ3v) is 6.98. The molecule has 0 bridgehead atoms. The van der Waals surface area contributed by atoms with Gasteiger partial charge in [-0.15, -0.1) is 0 Å². The van der Waals surface area contributed by atoms with Gasteiger partial charge in [0.1, 0.15) is 0 Å². The summed E-state index contributed by atoms with van der Waals surface area (Å²) in [6.07, 6.45) is 4.46. The van der Waals surface area contributed by atoms with Crippen molar-refractivity contribution in [3.63, 3.8) is 0 Å². The number of para-hydroxylation sites is 1. The minimum absolute atomic E-state index is 0.173. The normalized spacial score (nSPS) is 11.5. The zero-order valence-corrected chi connectivity index (χ0v) is 18.5. The molecule has 164 valence electrons. The molecule has 0 fully saturated rings. The van der Waals surface area contributed by atoms with Crippen LogP contribution in [0.15, 0.2) is 95.0 Å². The highest BCUT2D eigenvalue weighted by atomic mass is 35.5. The van der Waals surface area contributed by atoms with Crippen LogP contribution in [0.2, 0.25) is 5.02 Å². The van der Waals surface area contributed by atoms with Crippen molar-refractivity contribution in [2.45, 2.75) is 4.90 Å². The van der Waals surface area contributed by atoms with E-state index in [0.717, 1.165) is 0 Å². The Morgan fingerprint density at radius 3 is 2.48 bits per heavy atom. The molecule has 5 aromatic rings. The highest BCUT2D eigenvalue weighted by molar-refractivity contribution is 7.90. The van der Waals surface area contributed by atoms with E-state index in [1.165, 1.54) is 28.6 Å². The standard InChI is InChI=1S/C23H16ClN5O3S/c24-19-13-26-23(27-15-10-11-21(30)25-12-15)28-22(19)18-14-29(20-9-5-4-8-17(18)20)33(31,32)16-6-2-1-3-7-16/h1-14H,(H,25,30)(H,26,27,28). The molecule has 8 nitrogen and oxygen atoms in total. The predicted molar refractivity (Wildman–Crippen MR) is 127 cm³/mol. The van der Waals surface area contributed by atoms with E-state index < -0.39 is 10.0 Å². The number of nitrogens with zero attached hydrogens (tertiary/aromatic N) is 3. The van der Waals surface area contributed by atoms with E-state index in [1.807, 2.05) is 12.1 Å². The molecule has 0 spiro atoms. The fourth-order valence-corrected chi connectivity index (χ4v) is 5.06. The molecule has 0 saturated heterocycles. The maximum absolute atomic E-state index is 13.4. The SMILES string of the molecule is O=c1ccc(Nc2ncc(Cl)c(-c3cn(S(=O)(=O)c4ccccc4)c4ccccc34)n2)c[nH]1. The van der Waals surface area contributed by atoms with Gasteiger partial charge in [-0.25, -0.2) is 22.4 Å². The van der Waals surface area contributed by atoms with E-state index >= 15 is 0 Å². The van der Waals surface area contributed by atoms with Gasteiger partial charge in [-0.05, 0) is 24.3 Å². The van der Waals surface area contributed by atoms with Gasteiger partial charge in [-0.2, -0.15) is 0 Å². The van der Waals surface area contributed by atoms with Crippen LogP contribution in [0.4, 0.5) is 11.6 Å². The third kappa shape index (κ3) is 3.88. The predicted octanol–water partition coefficient (Wildman–Crippen LogP) is 4.42. The molecule has 0 atom stereocenters. The number of halogens is 1. The lowest BCUT2D eigenvalue weighted by molar-refractivity contribution is 0.589. The summed E-state index contributed by atoms with van der Waals surface area (Å²) < 4.78 is 28.0. The number of hydrogen-bond donors (Lipinski definition) is 2. The van der Waals surface area contributed by atoms with Crippen LogP contribution in [0.5, 0.6) is 0 Å². The van der Waals surface area contributed by atoms with Gasteiger partial charge >= 0.3 is 0 Å². The molecule has 0 amide bonds. The van der Waals surface area contributed by atoms with E-state index in [2.05, 4.69) is 20.3 Å². The third-order valence-electron chi connectivity index (χ3n) is 5.02. The van der Waals surface area contributed by atoms with Crippen LogP contribution < -0.4 is 10.9 Å². The summed E-state index contributed by atoms with van der Waals surface area (Å²) in [5, 5.41) is 3.94. The smallest absolute Gasteiger partial charge is 0.268 e. The summed E-state index contributed by atoms with van der Waals surface area (Å²) >= 11 is 6.44. The Morgan fingerprint density at radius 2 is 1.73 bits per heavy atom. The first-order chi connectivity index (χ1) is 15.9. The van der Waals surface area contributed by atoms with Crippen LogP contribution in [0.1, 0.15) is 0 Å². The number of benzene rings is 2. The quantitative estimate of drug-likeness (QED) is 0.387. The molecule has 3 heterocycles. The second-order valence-corrected chi connectivity index (χ2v) is 9.35. The van der Waals surface area contributed by atoms with Crippen LogP contribution in [0, 0.1) is 0 Å². The van der Waals surface area contributed by atoms with Gasteiger partial charge in [0, 0.05) is 29.4 Å². The highest BCUT2D eigenvalue weighted by Gasteiger charge is 2.23. The number of aromatic amines is 1. The lowest BCUT2D eigenvalue weighted by Crippen LogP contribution is -2.11. The van der Waals surface area contributed by atoms with E-state index in [1.54, 1.807) is 48.5 Å². The molecule has 33 heavy (non-hydrogen) atoms. The van der Waals surface area contributed by atoms with E-state index in [-0.39, 0.29) is 21.4 Å². The Kier molecular flexibility index (Phi) is 5.20. The lowest BCUT2D eigenvalue weighted by Gasteiger charge is -2.08. The molecule has 0 aliphatic heterocycles. The molecule has 5 rings (SSSR count). The Morgan fingerprint density at radius 1 is 0.970 bits per heavy atom. The molecule has 0 aliphatic carbocycles. The number of hydrogen-bond acceptors (Lipinski definition) is 6. The Labute approximate surface area is 193 Å². The van der Waals surface area contributed by atoms with Crippen molar-refractivity contribution in [3.05, 3.63) is 101 Å². The summed E-state index contributed by atoms with van der Waals surface area (Å²) in [6, 6.07) is 18.3. The van der Waals surface area contributed by atoms with Gasteiger partial charge in [0.15, 0.2) is 0 Å². The largest absolute Gasteiger partial charge is 0.327 e. The number of anilines is 2. The first-order valence-corrected chi connectivity index (χ1v) is 11.6. The fourth-order valence-electron chi connectivity index (χ4n) is 3.48. The maximum Gasteiger partial charge on any atom is 0.268 e. The monoisotopic (exact) mass is 477 g/mol. The molecule has 2 N–H and O–H groups in total. The summed E-state index contributed by atoms with van der Waals surface area (Å²) in [6.45, 7) is 0. The van der Waals surface area contributed by atoms with Crippen LogP contribution in [0.3, 0.4) is 0 Å². The fraction of sp³-hybridized carbons (Fsp3) is 0. The molecular formula is C23H16ClN5O3S. The summed E-state index contributed by atoms with van der Waals surface area (Å²) in [5.74, 6) is 0.240. The first kappa shape index (κ1) is 20.9. The van der Waals surface area contributed by atoms with Crippen molar-refractivity contribution in [2.75, 3.05) is 5.32 Å². The second-order valence-electron chi connectivity index (χ2n) is 7.13. The topological polar surface area (TPSA) is 110 Å². The van der Waals surface area contributed by atoms with Crippen molar-refractivity contribution in [2.24, 2.45) is 0 Å². The van der Waals surface area contributed by atoms with Crippen molar-refractivity contribution < 1.29 is 8.42 Å². The van der Waals surface area contributed by atoms with Crippen molar-refractivity contribution in [1.29, 1.82) is 0 Å². The summed E-state index contributed by atoms with van der Waals surface area (Å²) in [4.78, 5) is 22.7. The lowest BCUT2D eigenvalue weighted by atomic mass is 10.1. The van der Waals surface area contributed by atoms with Crippen molar-refractivity contribution >= 4 is 44.2 Å². The zero-order valence-electron chi connectivity index (χ0n) is 16.9. The van der Waals surface area contributed by atoms with Gasteiger partial charge in [0.25, 0.3) is 10.0 Å². The molecular weight excluding hydrogens is 462 g/mol. The molecule has 0 unspecified atom stereocenters. The number of H-pyrrole nitrogens is 1. The van der Waals surface area contributed by atoms with Crippen LogP contribution in [-0.4, -0.2) is 27.3 Å². The Hall–Kier alpha value is -3.95. The van der Waals surface area contributed by atoms with Crippen LogP contribution in [-0.2, 0) is 10.0 Å². The number of pyridine rings is 1. The maximum atomic E-state index is 13.4. The minimum Gasteiger partial charge on any atom is -0.327 e. The average molecular weight is 478 g/mol. The van der Waals surface area contributed by atoms with Crippen LogP contribution >= 0.6 is 11.6 Å².